The number of alkyl halides is 3. The first kappa shape index (κ1) is 26.0. The van der Waals surface area contributed by atoms with Gasteiger partial charge in [0.1, 0.15) is 6.61 Å². The number of esters is 2. The number of hydrogen-bond acceptors (Lipinski definition) is 5. The van der Waals surface area contributed by atoms with E-state index in [-0.39, 0.29) is 36.2 Å². The molecular weight excluding hydrogens is 487 g/mol. The number of nitrogens with zero attached hydrogens (tertiary/aromatic N) is 1. The molecule has 9 heteroatoms. The molecule has 1 aromatic heterocycles. The lowest BCUT2D eigenvalue weighted by atomic mass is 9.92. The summed E-state index contributed by atoms with van der Waals surface area (Å²) in [4.78, 5) is 25.3. The Balaban J connectivity index is 1.82. The Hall–Kier alpha value is -4.11. The largest absolute Gasteiger partial charge is 0.463 e. The van der Waals surface area contributed by atoms with Gasteiger partial charge in [-0.15, -0.1) is 0 Å². The van der Waals surface area contributed by atoms with E-state index in [1.165, 1.54) is 29.7 Å². The lowest BCUT2D eigenvalue weighted by Gasteiger charge is -2.28. The first-order valence-corrected chi connectivity index (χ1v) is 11.5. The third-order valence-corrected chi connectivity index (χ3v) is 5.90. The lowest BCUT2D eigenvalue weighted by Crippen LogP contribution is -2.50. The maximum absolute atomic E-state index is 14.2. The first-order valence-electron chi connectivity index (χ1n) is 11.5. The van der Waals surface area contributed by atoms with Crippen molar-refractivity contribution < 1.29 is 37.3 Å². The number of halogens is 3. The van der Waals surface area contributed by atoms with Crippen molar-refractivity contribution in [2.45, 2.75) is 31.9 Å². The van der Waals surface area contributed by atoms with Crippen LogP contribution in [0.5, 0.6) is 0 Å². The Kier molecular flexibility index (Phi) is 7.35. The topological polar surface area (TPSA) is 77.8 Å². The zero-order valence-electron chi connectivity index (χ0n) is 19.9. The maximum Gasteiger partial charge on any atom is 0.432 e. The van der Waals surface area contributed by atoms with Crippen LogP contribution in [-0.2, 0) is 33.0 Å². The molecular formula is C28H24F3NO5. The predicted molar refractivity (Wildman–Crippen MR) is 130 cm³/mol. The fourth-order valence-corrected chi connectivity index (χ4v) is 4.04. The molecule has 0 radical (unpaired) electrons. The van der Waals surface area contributed by atoms with E-state index in [0.29, 0.717) is 0 Å². The van der Waals surface area contributed by atoms with Gasteiger partial charge in [-0.05, 0) is 36.2 Å². The van der Waals surface area contributed by atoms with E-state index in [9.17, 15) is 27.9 Å². The Morgan fingerprint density at radius 3 is 2.11 bits per heavy atom. The number of carbonyl (C=O) groups is 2. The van der Waals surface area contributed by atoms with Crippen molar-refractivity contribution in [1.29, 1.82) is 0 Å². The van der Waals surface area contributed by atoms with Gasteiger partial charge in [0, 0.05) is 29.2 Å². The second-order valence-electron chi connectivity index (χ2n) is 8.38. The molecule has 1 atom stereocenters. The number of rotatable bonds is 8. The van der Waals surface area contributed by atoms with Crippen molar-refractivity contribution in [3.63, 3.8) is 0 Å². The number of hydrogen-bond donors (Lipinski definition) is 1. The van der Waals surface area contributed by atoms with Gasteiger partial charge in [-0.3, -0.25) is 0 Å². The average molecular weight is 511 g/mol. The molecule has 0 spiro atoms. The van der Waals surface area contributed by atoms with E-state index >= 15 is 0 Å². The third-order valence-electron chi connectivity index (χ3n) is 5.90. The molecule has 1 N–H and O–H groups in total. The summed E-state index contributed by atoms with van der Waals surface area (Å²) >= 11 is 0. The zero-order chi connectivity index (χ0) is 26.6. The Morgan fingerprint density at radius 1 is 0.892 bits per heavy atom. The summed E-state index contributed by atoms with van der Waals surface area (Å²) in [5.74, 6) is -2.61. The average Bonchev–Trinajstić information content (AvgIpc) is 3.25. The first-order chi connectivity index (χ1) is 17.6. The van der Waals surface area contributed by atoms with Crippen molar-refractivity contribution in [2.75, 3.05) is 6.61 Å². The van der Waals surface area contributed by atoms with Crippen LogP contribution < -0.4 is 0 Å². The van der Waals surface area contributed by atoms with Crippen molar-refractivity contribution in [2.24, 2.45) is 0 Å². The predicted octanol–water partition coefficient (Wildman–Crippen LogP) is 5.36. The molecule has 0 aliphatic rings. The van der Waals surface area contributed by atoms with E-state index in [1.54, 1.807) is 54.6 Å². The molecule has 4 aromatic rings. The van der Waals surface area contributed by atoms with Crippen LogP contribution in [0.1, 0.15) is 34.0 Å². The van der Waals surface area contributed by atoms with E-state index in [1.807, 2.05) is 6.07 Å². The highest BCUT2D eigenvalue weighted by atomic mass is 19.4. The van der Waals surface area contributed by atoms with Gasteiger partial charge in [-0.25, -0.2) is 9.59 Å². The summed E-state index contributed by atoms with van der Waals surface area (Å²) in [7, 11) is 0. The highest BCUT2D eigenvalue weighted by Gasteiger charge is 2.63. The summed E-state index contributed by atoms with van der Waals surface area (Å²) in [6, 6.07) is 21.9. The monoisotopic (exact) mass is 511 g/mol. The number of aromatic nitrogens is 1. The molecule has 0 fully saturated rings. The van der Waals surface area contributed by atoms with Gasteiger partial charge in [0.15, 0.2) is 0 Å². The summed E-state index contributed by atoms with van der Waals surface area (Å²) in [6.07, 6.45) is -4.32. The van der Waals surface area contributed by atoms with Crippen LogP contribution in [0.3, 0.4) is 0 Å². The second-order valence-corrected chi connectivity index (χ2v) is 8.38. The number of benzene rings is 3. The highest BCUT2D eigenvalue weighted by Crippen LogP contribution is 2.44. The lowest BCUT2D eigenvalue weighted by molar-refractivity contribution is -0.267. The molecule has 3 aromatic carbocycles. The number of carbonyl (C=O) groups excluding carboxylic acids is 2. The minimum Gasteiger partial charge on any atom is -0.463 e. The minimum atomic E-state index is -5.39. The summed E-state index contributed by atoms with van der Waals surface area (Å²) in [5, 5.41) is 10.7. The normalized spacial score (nSPS) is 13.2. The van der Waals surface area contributed by atoms with Crippen LogP contribution in [0.15, 0.2) is 85.1 Å². The van der Waals surface area contributed by atoms with Gasteiger partial charge >= 0.3 is 18.1 Å². The maximum atomic E-state index is 14.2. The van der Waals surface area contributed by atoms with E-state index in [0.717, 1.165) is 17.3 Å². The second kappa shape index (κ2) is 10.5. The van der Waals surface area contributed by atoms with E-state index < -0.39 is 29.3 Å². The molecule has 0 saturated carbocycles. The third kappa shape index (κ3) is 5.22. The molecule has 192 valence electrons. The number of fused-ring (bicyclic) bond motifs is 1. The van der Waals surface area contributed by atoms with Crippen molar-refractivity contribution in [1.82, 2.24) is 4.57 Å². The van der Waals surface area contributed by atoms with Crippen LogP contribution in [-0.4, -0.2) is 34.4 Å². The van der Waals surface area contributed by atoms with E-state index in [2.05, 4.69) is 4.74 Å². The molecule has 6 nitrogen and oxygen atoms in total. The van der Waals surface area contributed by atoms with Gasteiger partial charge in [0.25, 0.3) is 5.60 Å². The molecule has 1 unspecified atom stereocenters. The fraction of sp³-hybridized carbons (Fsp3) is 0.214. The standard InChI is InChI=1S/C28H24F3NO5/c1-2-36-26(34)27(35,28(29,30)31)23-17-32(16-19-9-5-3-6-10-19)24-14-13-21(15-22(23)24)25(33)37-18-20-11-7-4-8-12-20/h3-15,17,35H,2,16,18H2,1H3. The Bertz CT molecular complexity index is 1400. The molecule has 37 heavy (non-hydrogen) atoms. The van der Waals surface area contributed by atoms with Crippen LogP contribution in [0.25, 0.3) is 10.9 Å². The van der Waals surface area contributed by atoms with E-state index in [4.69, 9.17) is 4.74 Å². The quantitative estimate of drug-likeness (QED) is 0.323. The molecule has 0 saturated heterocycles. The van der Waals surface area contributed by atoms with Crippen molar-refractivity contribution in [3.05, 3.63) is 107 Å². The van der Waals surface area contributed by atoms with Crippen LogP contribution in [0.2, 0.25) is 0 Å². The SMILES string of the molecule is CCOC(=O)C(O)(c1cn(Cc2ccccc2)c2ccc(C(=O)OCc3ccccc3)cc12)C(F)(F)F. The van der Waals surface area contributed by atoms with Crippen LogP contribution in [0, 0.1) is 0 Å². The molecule has 4 rings (SSSR count). The molecule has 0 aliphatic carbocycles. The van der Waals surface area contributed by atoms with Crippen molar-refractivity contribution in [3.8, 4) is 0 Å². The Morgan fingerprint density at radius 2 is 1.51 bits per heavy atom. The van der Waals surface area contributed by atoms with Gasteiger partial charge in [-0.2, -0.15) is 13.2 Å². The Labute approximate surface area is 210 Å². The zero-order valence-corrected chi connectivity index (χ0v) is 19.9. The minimum absolute atomic E-state index is 0.0319. The number of aliphatic hydroxyl groups is 1. The summed E-state index contributed by atoms with van der Waals surface area (Å²) in [5.41, 5.74) is -2.91. The molecule has 0 bridgehead atoms. The molecule has 0 aliphatic heterocycles. The smallest absolute Gasteiger partial charge is 0.432 e. The van der Waals surface area contributed by atoms with Gasteiger partial charge in [-0.1, -0.05) is 60.7 Å². The van der Waals surface area contributed by atoms with Crippen LogP contribution >= 0.6 is 0 Å². The van der Waals surface area contributed by atoms with Gasteiger partial charge in [0.2, 0.25) is 0 Å². The molecule has 0 amide bonds. The summed E-state index contributed by atoms with van der Waals surface area (Å²) in [6.45, 7) is 1.10. The van der Waals surface area contributed by atoms with Gasteiger partial charge in [0.05, 0.1) is 12.2 Å². The summed E-state index contributed by atoms with van der Waals surface area (Å²) < 4.78 is 54.2. The van der Waals surface area contributed by atoms with Crippen molar-refractivity contribution >= 4 is 22.8 Å². The van der Waals surface area contributed by atoms with Crippen LogP contribution in [0.4, 0.5) is 13.2 Å². The van der Waals surface area contributed by atoms with Gasteiger partial charge < -0.3 is 19.1 Å². The number of ether oxygens (including phenoxy) is 2. The highest BCUT2D eigenvalue weighted by molar-refractivity contribution is 5.98. The fourth-order valence-electron chi connectivity index (χ4n) is 4.04. The molecule has 1 heterocycles.